The average molecular weight is 404 g/mol. The van der Waals surface area contributed by atoms with Crippen LogP contribution in [0.3, 0.4) is 0 Å². The van der Waals surface area contributed by atoms with Crippen molar-refractivity contribution in [2.75, 3.05) is 18.5 Å². The number of aromatic nitrogens is 2. The first kappa shape index (κ1) is 16.5. The molecule has 3 heterocycles. The first-order valence-corrected chi connectivity index (χ1v) is 9.22. The van der Waals surface area contributed by atoms with E-state index in [1.54, 1.807) is 12.1 Å². The molecule has 3 N–H and O–H groups in total. The molecular formula is C18H15Cl2N5O2. The van der Waals surface area contributed by atoms with Crippen molar-refractivity contribution in [1.29, 1.82) is 0 Å². The Kier molecular flexibility index (Phi) is 3.80. The maximum absolute atomic E-state index is 6.44. The number of guanidine groups is 1. The van der Waals surface area contributed by atoms with Crippen LogP contribution in [0.5, 0.6) is 11.5 Å². The number of fused-ring (bicyclic) bond motifs is 4. The average Bonchev–Trinajstić information content (AvgIpc) is 2.81. The Morgan fingerprint density at radius 2 is 1.89 bits per heavy atom. The molecule has 1 atom stereocenters. The van der Waals surface area contributed by atoms with Gasteiger partial charge in [-0.3, -0.25) is 9.88 Å². The van der Waals surface area contributed by atoms with E-state index < -0.39 is 6.17 Å². The zero-order valence-corrected chi connectivity index (χ0v) is 15.6. The van der Waals surface area contributed by atoms with Gasteiger partial charge in [0.2, 0.25) is 5.95 Å². The summed E-state index contributed by atoms with van der Waals surface area (Å²) in [7, 11) is 0. The fourth-order valence-electron chi connectivity index (χ4n) is 3.34. The number of nitrogens with two attached hydrogens (primary N) is 1. The number of nitrogens with zero attached hydrogens (tertiary/aromatic N) is 3. The summed E-state index contributed by atoms with van der Waals surface area (Å²) in [5, 5.41) is 4.08. The van der Waals surface area contributed by atoms with Gasteiger partial charge in [0.05, 0.1) is 24.2 Å². The Morgan fingerprint density at radius 3 is 2.67 bits per heavy atom. The predicted molar refractivity (Wildman–Crippen MR) is 105 cm³/mol. The Bertz CT molecular complexity index is 1100. The Hall–Kier alpha value is -2.64. The van der Waals surface area contributed by atoms with E-state index in [1.807, 2.05) is 22.8 Å². The second-order valence-electron chi connectivity index (χ2n) is 6.32. The minimum absolute atomic E-state index is 0.267. The molecule has 2 aliphatic rings. The molecule has 5 rings (SSSR count). The van der Waals surface area contributed by atoms with Gasteiger partial charge in [-0.05, 0) is 12.1 Å². The predicted octanol–water partition coefficient (Wildman–Crippen LogP) is 3.79. The lowest BCUT2D eigenvalue weighted by molar-refractivity contribution is 0.297. The topological polar surface area (TPSA) is 86.7 Å². The molecule has 0 bridgehead atoms. The highest BCUT2D eigenvalue weighted by Crippen LogP contribution is 2.40. The lowest BCUT2D eigenvalue weighted by atomic mass is 10.1. The number of imidazole rings is 1. The van der Waals surface area contributed by atoms with Crippen LogP contribution in [0.25, 0.3) is 11.0 Å². The molecule has 0 radical (unpaired) electrons. The summed E-state index contributed by atoms with van der Waals surface area (Å²) >= 11 is 12.5. The number of benzene rings is 2. The summed E-state index contributed by atoms with van der Waals surface area (Å²) in [5.74, 6) is 2.22. The summed E-state index contributed by atoms with van der Waals surface area (Å²) in [6.07, 6.45) is 0.365. The van der Waals surface area contributed by atoms with E-state index in [-0.39, 0.29) is 5.96 Å². The fourth-order valence-corrected chi connectivity index (χ4v) is 3.85. The largest absolute Gasteiger partial charge is 0.489 e. The quantitative estimate of drug-likeness (QED) is 0.645. The third kappa shape index (κ3) is 2.74. The monoisotopic (exact) mass is 403 g/mol. The third-order valence-electron chi connectivity index (χ3n) is 4.55. The van der Waals surface area contributed by atoms with E-state index in [9.17, 15) is 0 Å². The zero-order chi connectivity index (χ0) is 18.5. The van der Waals surface area contributed by atoms with Crippen LogP contribution in [0.4, 0.5) is 5.95 Å². The van der Waals surface area contributed by atoms with Crippen LogP contribution in [0, 0.1) is 0 Å². The molecule has 0 spiro atoms. The van der Waals surface area contributed by atoms with Crippen molar-refractivity contribution in [3.63, 3.8) is 0 Å². The summed E-state index contributed by atoms with van der Waals surface area (Å²) < 4.78 is 13.5. The van der Waals surface area contributed by atoms with Gasteiger partial charge in [0, 0.05) is 34.2 Å². The summed E-state index contributed by atoms with van der Waals surface area (Å²) in [6.45, 7) is 1.22. The van der Waals surface area contributed by atoms with E-state index in [1.165, 1.54) is 0 Å². The van der Waals surface area contributed by atoms with Crippen molar-refractivity contribution in [3.8, 4) is 11.5 Å². The maximum Gasteiger partial charge on any atom is 0.212 e. The standard InChI is InChI=1S/C18H15Cl2N5O2/c19-9-2-3-10(11(20)6-9)16-23-17(21)24-18-22-12-7-14-15(8-13(12)25(16)18)27-5-1-4-26-14/h2-3,6-8,16H,1,4-5H2,(H3,21,22,23,24). The minimum atomic E-state index is -0.472. The molecule has 27 heavy (non-hydrogen) atoms. The number of hydrogen-bond acceptors (Lipinski definition) is 6. The lowest BCUT2D eigenvalue weighted by Crippen LogP contribution is -2.31. The molecule has 3 aromatic rings. The number of halogens is 2. The molecule has 1 unspecified atom stereocenters. The van der Waals surface area contributed by atoms with Crippen molar-refractivity contribution in [1.82, 2.24) is 9.55 Å². The first-order valence-electron chi connectivity index (χ1n) is 8.47. The molecule has 0 saturated heterocycles. The van der Waals surface area contributed by atoms with E-state index in [2.05, 4.69) is 15.3 Å². The van der Waals surface area contributed by atoms with Crippen LogP contribution >= 0.6 is 23.2 Å². The smallest absolute Gasteiger partial charge is 0.212 e. The number of nitrogens with one attached hydrogen (secondary N) is 1. The van der Waals surface area contributed by atoms with Crippen LogP contribution in [-0.4, -0.2) is 28.7 Å². The van der Waals surface area contributed by atoms with E-state index in [0.717, 1.165) is 23.0 Å². The normalized spacial score (nSPS) is 18.4. The van der Waals surface area contributed by atoms with Crippen molar-refractivity contribution >= 4 is 46.1 Å². The van der Waals surface area contributed by atoms with Gasteiger partial charge in [-0.25, -0.2) is 9.98 Å². The van der Waals surface area contributed by atoms with Crippen LogP contribution < -0.4 is 20.5 Å². The number of rotatable bonds is 1. The van der Waals surface area contributed by atoms with E-state index in [4.69, 9.17) is 38.4 Å². The minimum Gasteiger partial charge on any atom is -0.489 e. The van der Waals surface area contributed by atoms with Gasteiger partial charge in [-0.1, -0.05) is 29.3 Å². The number of ether oxygens (including phenoxy) is 2. The molecule has 0 amide bonds. The lowest BCUT2D eigenvalue weighted by Gasteiger charge is -2.24. The van der Waals surface area contributed by atoms with Gasteiger partial charge in [-0.2, -0.15) is 0 Å². The molecule has 2 aromatic carbocycles. The Balaban J connectivity index is 1.72. The molecule has 0 saturated carbocycles. The van der Waals surface area contributed by atoms with Crippen LogP contribution in [-0.2, 0) is 0 Å². The van der Waals surface area contributed by atoms with Crippen molar-refractivity contribution in [3.05, 3.63) is 45.9 Å². The van der Waals surface area contributed by atoms with Crippen molar-refractivity contribution in [2.24, 2.45) is 10.7 Å². The number of anilines is 1. The van der Waals surface area contributed by atoms with Crippen molar-refractivity contribution < 1.29 is 9.47 Å². The molecule has 2 aliphatic heterocycles. The second kappa shape index (κ2) is 6.21. The van der Waals surface area contributed by atoms with Gasteiger partial charge in [-0.15, -0.1) is 0 Å². The highest BCUT2D eigenvalue weighted by Gasteiger charge is 2.28. The number of hydrogen-bond donors (Lipinski definition) is 2. The van der Waals surface area contributed by atoms with Gasteiger partial charge in [0.25, 0.3) is 0 Å². The van der Waals surface area contributed by atoms with Gasteiger partial charge in [0.1, 0.15) is 0 Å². The molecule has 0 fully saturated rings. The number of aliphatic imine (C=N–C) groups is 1. The van der Waals surface area contributed by atoms with Gasteiger partial charge < -0.3 is 15.2 Å². The molecular weight excluding hydrogens is 389 g/mol. The van der Waals surface area contributed by atoms with Crippen molar-refractivity contribution in [2.45, 2.75) is 12.6 Å². The highest BCUT2D eigenvalue weighted by atomic mass is 35.5. The Labute approximate surface area is 164 Å². The van der Waals surface area contributed by atoms with E-state index in [0.29, 0.717) is 40.7 Å². The molecule has 1 aromatic heterocycles. The summed E-state index contributed by atoms with van der Waals surface area (Å²) in [4.78, 5) is 9.20. The zero-order valence-electron chi connectivity index (χ0n) is 14.1. The Morgan fingerprint density at radius 1 is 1.11 bits per heavy atom. The SMILES string of the molecule is NC1=NC(c2ccc(Cl)cc2Cl)n2c(nc3cc4c(cc32)OCCCO4)N1. The fraction of sp³-hybridized carbons (Fsp3) is 0.222. The molecule has 138 valence electrons. The van der Waals surface area contributed by atoms with E-state index >= 15 is 0 Å². The maximum atomic E-state index is 6.44. The molecule has 7 nitrogen and oxygen atoms in total. The van der Waals surface area contributed by atoms with Gasteiger partial charge >= 0.3 is 0 Å². The summed E-state index contributed by atoms with van der Waals surface area (Å²) in [5.41, 5.74) is 8.36. The molecule has 0 aliphatic carbocycles. The van der Waals surface area contributed by atoms with Crippen LogP contribution in [0.1, 0.15) is 18.2 Å². The van der Waals surface area contributed by atoms with Crippen LogP contribution in [0.2, 0.25) is 10.0 Å². The first-order chi connectivity index (χ1) is 13.1. The second-order valence-corrected chi connectivity index (χ2v) is 7.17. The van der Waals surface area contributed by atoms with Gasteiger partial charge in [0.15, 0.2) is 23.6 Å². The third-order valence-corrected chi connectivity index (χ3v) is 5.11. The summed E-state index contributed by atoms with van der Waals surface area (Å²) in [6, 6.07) is 9.10. The highest BCUT2D eigenvalue weighted by molar-refractivity contribution is 6.35. The van der Waals surface area contributed by atoms with Crippen LogP contribution in [0.15, 0.2) is 35.3 Å². The molecule has 9 heteroatoms.